The normalized spacial score (nSPS) is 11.0. The number of aliphatic imine (C=N–C) groups is 1. The Bertz CT molecular complexity index is 565. The molecule has 2 aromatic rings. The first-order valence-electron chi connectivity index (χ1n) is 5.50. The molecule has 2 aromatic carbocycles. The summed E-state index contributed by atoms with van der Waals surface area (Å²) in [6, 6.07) is 12.4. The average molecular weight is 261 g/mol. The van der Waals surface area contributed by atoms with Crippen LogP contribution in [0.1, 0.15) is 11.1 Å². The molecule has 0 aliphatic rings. The van der Waals surface area contributed by atoms with E-state index < -0.39 is 0 Å². The lowest BCUT2D eigenvalue weighted by molar-refractivity contribution is 0.474. The molecule has 3 nitrogen and oxygen atoms in total. The van der Waals surface area contributed by atoms with Crippen molar-refractivity contribution < 1.29 is 5.11 Å². The van der Waals surface area contributed by atoms with Gasteiger partial charge in [-0.25, -0.2) is 0 Å². The molecule has 0 heterocycles. The third kappa shape index (κ3) is 3.09. The lowest BCUT2D eigenvalue weighted by atomic mass is 10.2. The predicted molar refractivity (Wildman–Crippen MR) is 74.7 cm³/mol. The monoisotopic (exact) mass is 260 g/mol. The highest BCUT2D eigenvalue weighted by Crippen LogP contribution is 2.21. The molecule has 0 saturated carbocycles. The molecule has 0 aliphatic carbocycles. The Kier molecular flexibility index (Phi) is 3.97. The van der Waals surface area contributed by atoms with Crippen LogP contribution in [-0.2, 0) is 6.54 Å². The van der Waals surface area contributed by atoms with Gasteiger partial charge in [0.2, 0.25) is 0 Å². The number of hydrogen-bond acceptors (Lipinski definition) is 3. The quantitative estimate of drug-likeness (QED) is 0.833. The van der Waals surface area contributed by atoms with E-state index in [4.69, 9.17) is 17.3 Å². The van der Waals surface area contributed by atoms with Crippen LogP contribution in [0, 0.1) is 0 Å². The first-order valence-corrected chi connectivity index (χ1v) is 5.88. The molecule has 0 atom stereocenters. The number of phenolic OH excluding ortho intramolecular Hbond substituents is 1. The summed E-state index contributed by atoms with van der Waals surface area (Å²) in [6.07, 6.45) is 1.58. The maximum atomic E-state index is 9.63. The Hall–Kier alpha value is -1.84. The van der Waals surface area contributed by atoms with Gasteiger partial charge in [0, 0.05) is 23.3 Å². The van der Waals surface area contributed by atoms with E-state index >= 15 is 0 Å². The molecule has 0 fully saturated rings. The van der Waals surface area contributed by atoms with Crippen molar-refractivity contribution in [1.82, 2.24) is 0 Å². The first-order chi connectivity index (χ1) is 8.69. The molecule has 92 valence electrons. The highest BCUT2D eigenvalue weighted by atomic mass is 35.5. The minimum absolute atomic E-state index is 0.154. The molecule has 3 N–H and O–H groups in total. The zero-order valence-electron chi connectivity index (χ0n) is 9.68. The molecule has 0 unspecified atom stereocenters. The van der Waals surface area contributed by atoms with Gasteiger partial charge in [0.05, 0.1) is 5.69 Å². The smallest absolute Gasteiger partial charge is 0.124 e. The summed E-state index contributed by atoms with van der Waals surface area (Å²) in [5.41, 5.74) is 7.96. The summed E-state index contributed by atoms with van der Waals surface area (Å²) >= 11 is 5.85. The number of hydrogen-bond donors (Lipinski definition) is 2. The van der Waals surface area contributed by atoms with Crippen molar-refractivity contribution in [2.24, 2.45) is 10.7 Å². The van der Waals surface area contributed by atoms with Gasteiger partial charge in [0.25, 0.3) is 0 Å². The number of rotatable bonds is 3. The van der Waals surface area contributed by atoms with Crippen LogP contribution in [0.15, 0.2) is 47.5 Å². The van der Waals surface area contributed by atoms with Gasteiger partial charge in [-0.15, -0.1) is 0 Å². The predicted octanol–water partition coefficient (Wildman–Crippen LogP) is 3.25. The van der Waals surface area contributed by atoms with E-state index in [0.717, 1.165) is 11.3 Å². The summed E-state index contributed by atoms with van der Waals surface area (Å²) in [5, 5.41) is 10.2. The lowest BCUT2D eigenvalue weighted by Gasteiger charge is -2.00. The molecule has 2 rings (SSSR count). The van der Waals surface area contributed by atoms with E-state index in [1.54, 1.807) is 24.4 Å². The fraction of sp³-hybridized carbons (Fsp3) is 0.0714. The molecular formula is C14H13ClN2O. The molecule has 0 aromatic heterocycles. The average Bonchev–Trinajstić information content (AvgIpc) is 2.40. The summed E-state index contributed by atoms with van der Waals surface area (Å²) < 4.78 is 0. The second-order valence-corrected chi connectivity index (χ2v) is 4.27. The minimum atomic E-state index is 0.154. The van der Waals surface area contributed by atoms with Crippen LogP contribution in [0.3, 0.4) is 0 Å². The minimum Gasteiger partial charge on any atom is -0.507 e. The van der Waals surface area contributed by atoms with Crippen molar-refractivity contribution in [3.05, 3.63) is 58.6 Å². The van der Waals surface area contributed by atoms with Crippen LogP contribution in [0.5, 0.6) is 5.75 Å². The zero-order valence-corrected chi connectivity index (χ0v) is 10.4. The number of benzene rings is 2. The van der Waals surface area contributed by atoms with Crippen LogP contribution < -0.4 is 5.73 Å². The molecular weight excluding hydrogens is 248 g/mol. The van der Waals surface area contributed by atoms with Crippen molar-refractivity contribution in [1.29, 1.82) is 0 Å². The van der Waals surface area contributed by atoms with Gasteiger partial charge in [0.1, 0.15) is 5.75 Å². The fourth-order valence-electron chi connectivity index (χ4n) is 1.49. The Balaban J connectivity index is 2.21. The Morgan fingerprint density at radius 2 is 1.89 bits per heavy atom. The topological polar surface area (TPSA) is 58.6 Å². The van der Waals surface area contributed by atoms with E-state index in [2.05, 4.69) is 4.99 Å². The van der Waals surface area contributed by atoms with Crippen molar-refractivity contribution in [2.75, 3.05) is 0 Å². The Labute approximate surface area is 111 Å². The molecule has 0 spiro atoms. The summed E-state index contributed by atoms with van der Waals surface area (Å²) in [5.74, 6) is 0.154. The van der Waals surface area contributed by atoms with Crippen LogP contribution in [0.25, 0.3) is 0 Å². The molecule has 0 radical (unpaired) electrons. The largest absolute Gasteiger partial charge is 0.507 e. The van der Waals surface area contributed by atoms with Crippen LogP contribution in [0.2, 0.25) is 5.02 Å². The second-order valence-electron chi connectivity index (χ2n) is 3.83. The van der Waals surface area contributed by atoms with Crippen molar-refractivity contribution in [3.63, 3.8) is 0 Å². The Morgan fingerprint density at radius 1 is 1.17 bits per heavy atom. The number of halogens is 1. The van der Waals surface area contributed by atoms with Crippen LogP contribution in [-0.4, -0.2) is 11.3 Å². The third-order valence-electron chi connectivity index (χ3n) is 2.51. The molecule has 0 saturated heterocycles. The summed E-state index contributed by atoms with van der Waals surface area (Å²) in [6.45, 7) is 0.513. The first kappa shape index (κ1) is 12.6. The molecule has 4 heteroatoms. The van der Waals surface area contributed by atoms with Crippen LogP contribution >= 0.6 is 11.6 Å². The maximum Gasteiger partial charge on any atom is 0.124 e. The second kappa shape index (κ2) is 5.67. The maximum absolute atomic E-state index is 9.63. The SMILES string of the molecule is NCc1ccc(N=Cc2cc(Cl)ccc2O)cc1. The number of aromatic hydroxyl groups is 1. The van der Waals surface area contributed by atoms with Crippen LogP contribution in [0.4, 0.5) is 5.69 Å². The third-order valence-corrected chi connectivity index (χ3v) is 2.75. The van der Waals surface area contributed by atoms with Crippen molar-refractivity contribution in [3.8, 4) is 5.75 Å². The van der Waals surface area contributed by atoms with Gasteiger partial charge >= 0.3 is 0 Å². The lowest BCUT2D eigenvalue weighted by Crippen LogP contribution is -1.94. The van der Waals surface area contributed by atoms with Gasteiger partial charge in [-0.05, 0) is 35.9 Å². The molecule has 0 aliphatic heterocycles. The highest BCUT2D eigenvalue weighted by molar-refractivity contribution is 6.30. The number of nitrogens with zero attached hydrogens (tertiary/aromatic N) is 1. The van der Waals surface area contributed by atoms with Gasteiger partial charge in [-0.2, -0.15) is 0 Å². The number of phenols is 1. The van der Waals surface area contributed by atoms with Gasteiger partial charge in [0.15, 0.2) is 0 Å². The molecule has 0 amide bonds. The highest BCUT2D eigenvalue weighted by Gasteiger charge is 1.98. The van der Waals surface area contributed by atoms with E-state index in [1.165, 1.54) is 0 Å². The van der Waals surface area contributed by atoms with E-state index in [0.29, 0.717) is 17.1 Å². The van der Waals surface area contributed by atoms with E-state index in [9.17, 15) is 5.11 Å². The van der Waals surface area contributed by atoms with Crippen molar-refractivity contribution in [2.45, 2.75) is 6.54 Å². The fourth-order valence-corrected chi connectivity index (χ4v) is 1.67. The zero-order chi connectivity index (χ0) is 13.0. The van der Waals surface area contributed by atoms with Gasteiger partial charge < -0.3 is 10.8 Å². The standard InChI is InChI=1S/C14H13ClN2O/c15-12-3-6-14(18)11(7-12)9-17-13-4-1-10(8-16)2-5-13/h1-7,9,18H,8,16H2. The van der Waals surface area contributed by atoms with Crippen molar-refractivity contribution >= 4 is 23.5 Å². The van der Waals surface area contributed by atoms with E-state index in [-0.39, 0.29) is 5.75 Å². The Morgan fingerprint density at radius 3 is 2.56 bits per heavy atom. The molecule has 18 heavy (non-hydrogen) atoms. The summed E-state index contributed by atoms with van der Waals surface area (Å²) in [4.78, 5) is 4.27. The number of nitrogens with two attached hydrogens (primary N) is 1. The molecule has 0 bridgehead atoms. The van der Waals surface area contributed by atoms with Gasteiger partial charge in [-0.1, -0.05) is 23.7 Å². The van der Waals surface area contributed by atoms with E-state index in [1.807, 2.05) is 24.3 Å². The summed E-state index contributed by atoms with van der Waals surface area (Å²) in [7, 11) is 0. The van der Waals surface area contributed by atoms with Gasteiger partial charge in [-0.3, -0.25) is 4.99 Å².